The Hall–Kier alpha value is -2.31. The lowest BCUT2D eigenvalue weighted by atomic mass is 9.98. The number of H-pyrrole nitrogens is 1. The van der Waals surface area contributed by atoms with E-state index in [1.165, 1.54) is 10.9 Å². The third kappa shape index (κ3) is 2.79. The van der Waals surface area contributed by atoms with Gasteiger partial charge in [-0.2, -0.15) is 4.31 Å². The highest BCUT2D eigenvalue weighted by atomic mass is 32.2. The highest BCUT2D eigenvalue weighted by Gasteiger charge is 2.34. The summed E-state index contributed by atoms with van der Waals surface area (Å²) < 4.78 is 33.0. The molecule has 0 radical (unpaired) electrons. The maximum Gasteiger partial charge on any atom is 0.243 e. The van der Waals surface area contributed by atoms with Crippen molar-refractivity contribution in [3.63, 3.8) is 0 Å². The minimum atomic E-state index is -3.50. The van der Waals surface area contributed by atoms with E-state index in [0.717, 1.165) is 11.9 Å². The lowest BCUT2D eigenvalue weighted by Gasteiger charge is -2.18. The van der Waals surface area contributed by atoms with E-state index in [9.17, 15) is 8.42 Å². The largest absolute Gasteiger partial charge is 0.497 e. The summed E-state index contributed by atoms with van der Waals surface area (Å²) in [5, 5.41) is 1.18. The van der Waals surface area contributed by atoms with Gasteiger partial charge in [0, 0.05) is 36.1 Å². The molecule has 6 heteroatoms. The second-order valence-corrected chi connectivity index (χ2v) is 8.68. The van der Waals surface area contributed by atoms with Gasteiger partial charge in [-0.3, -0.25) is 0 Å². The number of ether oxygens (including phenoxy) is 1. The molecule has 0 aliphatic carbocycles. The zero-order valence-corrected chi connectivity index (χ0v) is 15.7. The van der Waals surface area contributed by atoms with E-state index in [1.807, 2.05) is 31.3 Å². The maximum absolute atomic E-state index is 13.1. The van der Waals surface area contributed by atoms with Crippen molar-refractivity contribution in [3.8, 4) is 5.75 Å². The first-order chi connectivity index (χ1) is 12.5. The van der Waals surface area contributed by atoms with Crippen LogP contribution in [0.25, 0.3) is 10.9 Å². The summed E-state index contributed by atoms with van der Waals surface area (Å²) in [6.07, 6.45) is 2.85. The van der Waals surface area contributed by atoms with Gasteiger partial charge >= 0.3 is 0 Å². The van der Waals surface area contributed by atoms with Crippen LogP contribution in [0.1, 0.15) is 23.5 Å². The number of sulfonamides is 1. The van der Waals surface area contributed by atoms with Gasteiger partial charge in [-0.1, -0.05) is 18.2 Å². The van der Waals surface area contributed by atoms with Crippen LogP contribution in [0.5, 0.6) is 5.75 Å². The van der Waals surface area contributed by atoms with Gasteiger partial charge in [0.15, 0.2) is 0 Å². The number of nitrogens with one attached hydrogen (secondary N) is 1. The second-order valence-electron chi connectivity index (χ2n) is 6.77. The fourth-order valence-electron chi connectivity index (χ4n) is 3.81. The quantitative estimate of drug-likeness (QED) is 0.762. The van der Waals surface area contributed by atoms with Crippen molar-refractivity contribution < 1.29 is 13.2 Å². The molecule has 2 heterocycles. The van der Waals surface area contributed by atoms with Gasteiger partial charge < -0.3 is 9.72 Å². The van der Waals surface area contributed by atoms with E-state index in [0.29, 0.717) is 29.3 Å². The number of methoxy groups -OCH3 is 1. The average Bonchev–Trinajstić information content (AvgIpc) is 3.28. The van der Waals surface area contributed by atoms with Crippen molar-refractivity contribution in [3.05, 3.63) is 59.8 Å². The Balaban J connectivity index is 1.62. The standard InChI is InChI=1S/C20H22N2O3S/c1-14-11-16(25-2)7-8-20(14)26(23,24)22-10-9-15(13-22)18-12-21-19-6-4-3-5-17(18)19/h3-8,11-12,15,21H,9-10,13H2,1-2H3. The Morgan fingerprint density at radius 3 is 2.77 bits per heavy atom. The summed E-state index contributed by atoms with van der Waals surface area (Å²) in [6, 6.07) is 13.3. The van der Waals surface area contributed by atoms with Gasteiger partial charge in [-0.25, -0.2) is 8.42 Å². The van der Waals surface area contributed by atoms with E-state index in [2.05, 4.69) is 11.1 Å². The molecular weight excluding hydrogens is 348 g/mol. The van der Waals surface area contributed by atoms with Crippen LogP contribution < -0.4 is 4.74 Å². The predicted octanol–water partition coefficient (Wildman–Crippen LogP) is 3.66. The summed E-state index contributed by atoms with van der Waals surface area (Å²) in [7, 11) is -1.93. The molecule has 1 aliphatic rings. The summed E-state index contributed by atoms with van der Waals surface area (Å²) >= 11 is 0. The van der Waals surface area contributed by atoms with Crippen molar-refractivity contribution in [1.29, 1.82) is 0 Å². The second kappa shape index (κ2) is 6.45. The summed E-state index contributed by atoms with van der Waals surface area (Å²) in [4.78, 5) is 3.65. The van der Waals surface area contributed by atoms with E-state index < -0.39 is 10.0 Å². The molecule has 0 amide bonds. The van der Waals surface area contributed by atoms with E-state index >= 15 is 0 Å². The van der Waals surface area contributed by atoms with Gasteiger partial charge in [0.1, 0.15) is 5.75 Å². The van der Waals surface area contributed by atoms with Gasteiger partial charge in [0.2, 0.25) is 10.0 Å². The van der Waals surface area contributed by atoms with Crippen LogP contribution in [0.15, 0.2) is 53.6 Å². The first-order valence-electron chi connectivity index (χ1n) is 8.71. The minimum absolute atomic E-state index is 0.208. The fourth-order valence-corrected chi connectivity index (χ4v) is 5.52. The van der Waals surface area contributed by atoms with E-state index in [-0.39, 0.29) is 5.92 Å². The van der Waals surface area contributed by atoms with Crippen molar-refractivity contribution in [2.24, 2.45) is 0 Å². The highest BCUT2D eigenvalue weighted by molar-refractivity contribution is 7.89. The normalized spacial score (nSPS) is 18.5. The van der Waals surface area contributed by atoms with Crippen LogP contribution in [0.4, 0.5) is 0 Å². The highest BCUT2D eigenvalue weighted by Crippen LogP contribution is 2.35. The molecule has 1 aromatic heterocycles. The SMILES string of the molecule is COc1ccc(S(=O)(=O)N2CCC(c3c[nH]c4ccccc34)C2)c(C)c1. The maximum atomic E-state index is 13.1. The van der Waals surface area contributed by atoms with Crippen molar-refractivity contribution in [1.82, 2.24) is 9.29 Å². The number of para-hydroxylation sites is 1. The number of aromatic amines is 1. The molecule has 1 fully saturated rings. The Morgan fingerprint density at radius 1 is 1.19 bits per heavy atom. The number of nitrogens with zero attached hydrogens (tertiary/aromatic N) is 1. The molecule has 4 rings (SSSR count). The lowest BCUT2D eigenvalue weighted by molar-refractivity contribution is 0.414. The number of rotatable bonds is 4. The number of hydrogen-bond acceptors (Lipinski definition) is 3. The van der Waals surface area contributed by atoms with Crippen molar-refractivity contribution in [2.45, 2.75) is 24.2 Å². The van der Waals surface area contributed by atoms with E-state index in [1.54, 1.807) is 29.6 Å². The Morgan fingerprint density at radius 2 is 2.00 bits per heavy atom. The minimum Gasteiger partial charge on any atom is -0.497 e. The Kier molecular flexibility index (Phi) is 4.25. The number of aryl methyl sites for hydroxylation is 1. The monoisotopic (exact) mass is 370 g/mol. The topological polar surface area (TPSA) is 62.4 Å². The Labute approximate surface area is 153 Å². The first-order valence-corrected chi connectivity index (χ1v) is 10.2. The third-order valence-corrected chi connectivity index (χ3v) is 7.24. The zero-order chi connectivity index (χ0) is 18.3. The summed E-state index contributed by atoms with van der Waals surface area (Å²) in [5.41, 5.74) is 3.00. The van der Waals surface area contributed by atoms with Gasteiger partial charge in [-0.15, -0.1) is 0 Å². The van der Waals surface area contributed by atoms with Crippen LogP contribution in [-0.2, 0) is 10.0 Å². The molecule has 0 bridgehead atoms. The molecule has 1 N–H and O–H groups in total. The Bertz CT molecular complexity index is 1060. The van der Waals surface area contributed by atoms with Gasteiger partial charge in [-0.05, 0) is 48.7 Å². The molecule has 2 aromatic carbocycles. The number of fused-ring (bicyclic) bond motifs is 1. The van der Waals surface area contributed by atoms with Crippen molar-refractivity contribution in [2.75, 3.05) is 20.2 Å². The van der Waals surface area contributed by atoms with Crippen LogP contribution >= 0.6 is 0 Å². The molecular formula is C20H22N2O3S. The molecule has 3 aromatic rings. The van der Waals surface area contributed by atoms with E-state index in [4.69, 9.17) is 4.74 Å². The average molecular weight is 370 g/mol. The van der Waals surface area contributed by atoms with Crippen LogP contribution in [0.2, 0.25) is 0 Å². The number of aromatic nitrogens is 1. The molecule has 0 spiro atoms. The van der Waals surface area contributed by atoms with Gasteiger partial charge in [0.05, 0.1) is 12.0 Å². The lowest BCUT2D eigenvalue weighted by Crippen LogP contribution is -2.29. The molecule has 136 valence electrons. The third-order valence-electron chi connectivity index (χ3n) is 5.21. The number of hydrogen-bond donors (Lipinski definition) is 1. The molecule has 1 aliphatic heterocycles. The fraction of sp³-hybridized carbons (Fsp3) is 0.300. The van der Waals surface area contributed by atoms with Crippen LogP contribution in [0, 0.1) is 6.92 Å². The molecule has 1 unspecified atom stereocenters. The zero-order valence-electron chi connectivity index (χ0n) is 14.9. The van der Waals surface area contributed by atoms with Crippen molar-refractivity contribution >= 4 is 20.9 Å². The molecule has 1 saturated heterocycles. The van der Waals surface area contributed by atoms with Crippen LogP contribution in [0.3, 0.4) is 0 Å². The summed E-state index contributed by atoms with van der Waals surface area (Å²) in [6.45, 7) is 2.86. The number of benzene rings is 2. The first kappa shape index (κ1) is 17.1. The molecule has 0 saturated carbocycles. The van der Waals surface area contributed by atoms with Gasteiger partial charge in [0.25, 0.3) is 0 Å². The molecule has 5 nitrogen and oxygen atoms in total. The molecule has 1 atom stereocenters. The molecule has 26 heavy (non-hydrogen) atoms. The smallest absolute Gasteiger partial charge is 0.243 e. The van der Waals surface area contributed by atoms with Crippen LogP contribution in [-0.4, -0.2) is 37.9 Å². The predicted molar refractivity (Wildman–Crippen MR) is 102 cm³/mol. The summed E-state index contributed by atoms with van der Waals surface area (Å²) in [5.74, 6) is 0.874.